The number of rotatable bonds is 6. The largest absolute Gasteiger partial charge is 0.508 e. The minimum absolute atomic E-state index is 0.00427. The lowest BCUT2D eigenvalue weighted by Crippen LogP contribution is -2.34. The van der Waals surface area contributed by atoms with E-state index < -0.39 is 12.0 Å². The Bertz CT molecular complexity index is 406. The average molecular weight is 253 g/mol. The second-order valence-corrected chi connectivity index (χ2v) is 4.14. The summed E-state index contributed by atoms with van der Waals surface area (Å²) in [7, 11) is 0. The number of ether oxygens (including phenoxy) is 1. The summed E-state index contributed by atoms with van der Waals surface area (Å²) in [5, 5.41) is 18.9. The first-order valence-corrected chi connectivity index (χ1v) is 5.97. The fourth-order valence-corrected chi connectivity index (χ4v) is 1.48. The Kier molecular flexibility index (Phi) is 5.45. The number of carbonyl (C=O) groups is 1. The quantitative estimate of drug-likeness (QED) is 0.404. The van der Waals surface area contributed by atoms with E-state index in [-0.39, 0.29) is 17.9 Å². The maximum absolute atomic E-state index is 11.5. The fraction of sp³-hybridized carbons (Fsp3) is 0.462. The summed E-state index contributed by atoms with van der Waals surface area (Å²) in [6.07, 6.45) is 1.87. The van der Waals surface area contributed by atoms with E-state index in [9.17, 15) is 15.0 Å². The number of unbranched alkanes of at least 4 members (excludes halogenated alkanes) is 1. The van der Waals surface area contributed by atoms with Crippen molar-refractivity contribution < 1.29 is 19.7 Å². The molecule has 0 aliphatic carbocycles. The zero-order valence-electron chi connectivity index (χ0n) is 10.4. The maximum Gasteiger partial charge on any atom is 0.323 e. The Labute approximate surface area is 106 Å². The number of phenols is 2. The van der Waals surface area contributed by atoms with Crippen molar-refractivity contribution in [3.63, 3.8) is 0 Å². The van der Waals surface area contributed by atoms with Crippen LogP contribution in [-0.2, 0) is 16.0 Å². The zero-order valence-corrected chi connectivity index (χ0v) is 10.4. The molecule has 4 N–H and O–H groups in total. The SMILES string of the molecule is CCCCOC(=O)[C@@H](N)Cc1cc(O)ccc1O. The van der Waals surface area contributed by atoms with E-state index >= 15 is 0 Å². The lowest BCUT2D eigenvalue weighted by atomic mass is 10.1. The molecule has 1 aromatic rings. The van der Waals surface area contributed by atoms with Crippen LogP contribution in [0.25, 0.3) is 0 Å². The van der Waals surface area contributed by atoms with Gasteiger partial charge in [-0.05, 0) is 30.2 Å². The third kappa shape index (κ3) is 4.25. The number of phenolic OH excluding ortho intramolecular Hbond substituents is 2. The number of carbonyl (C=O) groups excluding carboxylic acids is 1. The Balaban J connectivity index is 2.55. The first-order chi connectivity index (χ1) is 8.54. The van der Waals surface area contributed by atoms with Crippen molar-refractivity contribution in [2.24, 2.45) is 5.73 Å². The minimum Gasteiger partial charge on any atom is -0.508 e. The van der Waals surface area contributed by atoms with Gasteiger partial charge in [-0.25, -0.2) is 0 Å². The molecule has 0 aromatic heterocycles. The number of nitrogens with two attached hydrogens (primary N) is 1. The molecule has 0 radical (unpaired) electrons. The Morgan fingerprint density at radius 1 is 1.44 bits per heavy atom. The molecule has 0 heterocycles. The minimum atomic E-state index is -0.838. The number of hydrogen-bond acceptors (Lipinski definition) is 5. The van der Waals surface area contributed by atoms with Crippen molar-refractivity contribution in [2.45, 2.75) is 32.2 Å². The van der Waals surface area contributed by atoms with Crippen molar-refractivity contribution in [3.05, 3.63) is 23.8 Å². The summed E-state index contributed by atoms with van der Waals surface area (Å²) in [5.74, 6) is -0.467. The number of aromatic hydroxyl groups is 2. The van der Waals surface area contributed by atoms with Crippen LogP contribution in [0.4, 0.5) is 0 Å². The molecule has 0 bridgehead atoms. The molecular weight excluding hydrogens is 234 g/mol. The summed E-state index contributed by atoms with van der Waals surface area (Å²) in [6, 6.07) is 3.27. The number of esters is 1. The summed E-state index contributed by atoms with van der Waals surface area (Å²) in [6.45, 7) is 2.35. The van der Waals surface area contributed by atoms with Crippen LogP contribution in [0, 0.1) is 0 Å². The highest BCUT2D eigenvalue weighted by Gasteiger charge is 2.17. The standard InChI is InChI=1S/C13H19NO4/c1-2-3-6-18-13(17)11(14)8-9-7-10(15)4-5-12(9)16/h4-5,7,11,15-16H,2-3,6,8,14H2,1H3/t11-/m0/s1. The van der Waals surface area contributed by atoms with Gasteiger partial charge in [-0.2, -0.15) is 0 Å². The normalized spacial score (nSPS) is 12.1. The molecule has 0 saturated carbocycles. The molecule has 0 spiro atoms. The molecule has 18 heavy (non-hydrogen) atoms. The molecule has 0 aliphatic heterocycles. The summed E-state index contributed by atoms with van der Waals surface area (Å²) < 4.78 is 4.98. The average Bonchev–Trinajstić information content (AvgIpc) is 2.34. The molecule has 0 saturated heterocycles. The van der Waals surface area contributed by atoms with Crippen LogP contribution in [0.3, 0.4) is 0 Å². The fourth-order valence-electron chi connectivity index (χ4n) is 1.48. The molecular formula is C13H19NO4. The lowest BCUT2D eigenvalue weighted by molar-refractivity contribution is -0.145. The predicted octanol–water partition coefficient (Wildman–Crippen LogP) is 1.31. The summed E-state index contributed by atoms with van der Waals surface area (Å²) >= 11 is 0. The molecule has 0 amide bonds. The van der Waals surface area contributed by atoms with E-state index in [1.165, 1.54) is 18.2 Å². The van der Waals surface area contributed by atoms with Crippen LogP contribution in [-0.4, -0.2) is 28.8 Å². The van der Waals surface area contributed by atoms with Gasteiger partial charge in [-0.1, -0.05) is 13.3 Å². The lowest BCUT2D eigenvalue weighted by Gasteiger charge is -2.12. The van der Waals surface area contributed by atoms with Gasteiger partial charge in [0.05, 0.1) is 6.61 Å². The van der Waals surface area contributed by atoms with Gasteiger partial charge in [-0.15, -0.1) is 0 Å². The van der Waals surface area contributed by atoms with Crippen LogP contribution >= 0.6 is 0 Å². The number of hydrogen-bond donors (Lipinski definition) is 3. The van der Waals surface area contributed by atoms with Gasteiger partial charge in [0.25, 0.3) is 0 Å². The van der Waals surface area contributed by atoms with E-state index in [2.05, 4.69) is 0 Å². The van der Waals surface area contributed by atoms with E-state index in [4.69, 9.17) is 10.5 Å². The van der Waals surface area contributed by atoms with Crippen LogP contribution in [0.15, 0.2) is 18.2 Å². The van der Waals surface area contributed by atoms with Crippen molar-refractivity contribution in [1.82, 2.24) is 0 Å². The van der Waals surface area contributed by atoms with Gasteiger partial charge >= 0.3 is 5.97 Å². The Morgan fingerprint density at radius 3 is 2.83 bits per heavy atom. The van der Waals surface area contributed by atoms with Crippen molar-refractivity contribution in [2.75, 3.05) is 6.61 Å². The molecule has 0 fully saturated rings. The second-order valence-electron chi connectivity index (χ2n) is 4.14. The van der Waals surface area contributed by atoms with E-state index in [0.29, 0.717) is 12.2 Å². The first kappa shape index (κ1) is 14.3. The van der Waals surface area contributed by atoms with Gasteiger partial charge in [-0.3, -0.25) is 4.79 Å². The Morgan fingerprint density at radius 2 is 2.17 bits per heavy atom. The predicted molar refractivity (Wildman–Crippen MR) is 67.3 cm³/mol. The molecule has 1 aromatic carbocycles. The molecule has 1 atom stereocenters. The van der Waals surface area contributed by atoms with E-state index in [0.717, 1.165) is 12.8 Å². The summed E-state index contributed by atoms with van der Waals surface area (Å²) in [5.41, 5.74) is 6.11. The summed E-state index contributed by atoms with van der Waals surface area (Å²) in [4.78, 5) is 11.5. The van der Waals surface area contributed by atoms with Crippen molar-refractivity contribution >= 4 is 5.97 Å². The third-order valence-electron chi connectivity index (χ3n) is 2.55. The highest BCUT2D eigenvalue weighted by atomic mass is 16.5. The van der Waals surface area contributed by atoms with Crippen molar-refractivity contribution in [1.29, 1.82) is 0 Å². The monoisotopic (exact) mass is 253 g/mol. The third-order valence-corrected chi connectivity index (χ3v) is 2.55. The van der Waals surface area contributed by atoms with Gasteiger partial charge in [0.15, 0.2) is 0 Å². The molecule has 0 aliphatic rings. The van der Waals surface area contributed by atoms with Crippen LogP contribution < -0.4 is 5.73 Å². The zero-order chi connectivity index (χ0) is 13.5. The van der Waals surface area contributed by atoms with Crippen LogP contribution in [0.2, 0.25) is 0 Å². The topological polar surface area (TPSA) is 92.8 Å². The highest BCUT2D eigenvalue weighted by Crippen LogP contribution is 2.23. The molecule has 5 nitrogen and oxygen atoms in total. The van der Waals surface area contributed by atoms with Crippen LogP contribution in [0.1, 0.15) is 25.3 Å². The second kappa shape index (κ2) is 6.86. The number of benzene rings is 1. The Hall–Kier alpha value is -1.75. The molecule has 100 valence electrons. The van der Waals surface area contributed by atoms with Gasteiger partial charge in [0.2, 0.25) is 0 Å². The first-order valence-electron chi connectivity index (χ1n) is 5.97. The smallest absolute Gasteiger partial charge is 0.323 e. The maximum atomic E-state index is 11.5. The van der Waals surface area contributed by atoms with Crippen molar-refractivity contribution in [3.8, 4) is 11.5 Å². The molecule has 1 rings (SSSR count). The highest BCUT2D eigenvalue weighted by molar-refractivity contribution is 5.76. The van der Waals surface area contributed by atoms with Crippen LogP contribution in [0.5, 0.6) is 11.5 Å². The van der Waals surface area contributed by atoms with E-state index in [1.807, 2.05) is 6.92 Å². The molecule has 5 heteroatoms. The van der Waals surface area contributed by atoms with E-state index in [1.54, 1.807) is 0 Å². The van der Waals surface area contributed by atoms with Gasteiger partial charge < -0.3 is 20.7 Å². The van der Waals surface area contributed by atoms with Gasteiger partial charge in [0, 0.05) is 6.42 Å². The van der Waals surface area contributed by atoms with Gasteiger partial charge in [0.1, 0.15) is 17.5 Å². The molecule has 0 unspecified atom stereocenters.